The predicted octanol–water partition coefficient (Wildman–Crippen LogP) is 1.15. The van der Waals surface area contributed by atoms with E-state index < -0.39 is 0 Å². The number of rotatable bonds is 7. The molecular formula is C22H32N6O. The van der Waals surface area contributed by atoms with Crippen LogP contribution in [0.25, 0.3) is 0 Å². The summed E-state index contributed by atoms with van der Waals surface area (Å²) < 4.78 is 0. The Balaban J connectivity index is 1.55. The van der Waals surface area contributed by atoms with Crippen molar-refractivity contribution < 1.29 is 4.79 Å². The summed E-state index contributed by atoms with van der Waals surface area (Å²) in [6.45, 7) is 9.28. The first kappa shape index (κ1) is 19.8. The summed E-state index contributed by atoms with van der Waals surface area (Å²) in [5, 5.41) is 6.74. The first-order chi connectivity index (χ1) is 14.1. The molecule has 0 aromatic heterocycles. The Hall–Kier alpha value is -2.51. The Bertz CT molecular complexity index is 795. The second kappa shape index (κ2) is 8.47. The van der Waals surface area contributed by atoms with Gasteiger partial charge in [0.25, 0.3) is 5.91 Å². The topological polar surface area (TPSA) is 71.7 Å². The van der Waals surface area contributed by atoms with Crippen molar-refractivity contribution in [3.8, 4) is 0 Å². The molecule has 0 radical (unpaired) electrons. The van der Waals surface area contributed by atoms with E-state index in [1.807, 2.05) is 30.3 Å². The summed E-state index contributed by atoms with van der Waals surface area (Å²) in [6, 6.07) is 0. The highest BCUT2D eigenvalue weighted by Gasteiger charge is 2.43. The van der Waals surface area contributed by atoms with Crippen LogP contribution < -0.4 is 21.5 Å². The molecule has 0 aromatic rings. The summed E-state index contributed by atoms with van der Waals surface area (Å²) >= 11 is 0. The molecule has 4 rings (SSSR count). The van der Waals surface area contributed by atoms with Gasteiger partial charge in [-0.15, -0.1) is 0 Å². The number of hydrazine groups is 1. The predicted molar refractivity (Wildman–Crippen MR) is 115 cm³/mol. The molecule has 2 fully saturated rings. The van der Waals surface area contributed by atoms with E-state index in [2.05, 4.69) is 52.0 Å². The van der Waals surface area contributed by atoms with Crippen molar-refractivity contribution >= 4 is 5.91 Å². The number of dihydropyridines is 2. The van der Waals surface area contributed by atoms with Gasteiger partial charge in [-0.05, 0) is 63.1 Å². The third-order valence-corrected chi connectivity index (χ3v) is 6.19. The summed E-state index contributed by atoms with van der Waals surface area (Å²) in [5.41, 5.74) is 8.98. The molecule has 0 spiro atoms. The molecular weight excluding hydrogens is 364 g/mol. The number of likely N-dealkylation sites (tertiary alicyclic amines) is 1. The highest BCUT2D eigenvalue weighted by molar-refractivity contribution is 5.95. The van der Waals surface area contributed by atoms with Crippen LogP contribution in [-0.2, 0) is 4.79 Å². The molecule has 4 N–H and O–H groups in total. The molecule has 4 aliphatic rings. The molecule has 1 saturated carbocycles. The van der Waals surface area contributed by atoms with E-state index in [0.29, 0.717) is 6.54 Å². The van der Waals surface area contributed by atoms with Crippen molar-refractivity contribution in [2.75, 3.05) is 33.2 Å². The number of allylic oxidation sites excluding steroid dienone is 4. The zero-order chi connectivity index (χ0) is 20.4. The molecule has 3 atom stereocenters. The van der Waals surface area contributed by atoms with E-state index in [9.17, 15) is 4.79 Å². The van der Waals surface area contributed by atoms with Gasteiger partial charge in [-0.1, -0.05) is 12.7 Å². The van der Waals surface area contributed by atoms with Crippen LogP contribution in [0.15, 0.2) is 59.7 Å². The van der Waals surface area contributed by atoms with Gasteiger partial charge in [0, 0.05) is 43.0 Å². The van der Waals surface area contributed by atoms with Crippen molar-refractivity contribution in [3.05, 3.63) is 59.7 Å². The number of nitrogens with one attached hydrogen (secondary N) is 4. The molecule has 7 heteroatoms. The highest BCUT2D eigenvalue weighted by atomic mass is 16.2. The Kier molecular flexibility index (Phi) is 5.78. The zero-order valence-electron chi connectivity index (χ0n) is 17.4. The van der Waals surface area contributed by atoms with Crippen molar-refractivity contribution in [1.82, 2.24) is 31.3 Å². The first-order valence-electron chi connectivity index (χ1n) is 10.6. The largest absolute Gasteiger partial charge is 0.371 e. The fourth-order valence-corrected chi connectivity index (χ4v) is 4.50. The molecule has 3 unspecified atom stereocenters. The minimum Gasteiger partial charge on any atom is -0.371 e. The number of hydrogen-bond acceptors (Lipinski definition) is 6. The van der Waals surface area contributed by atoms with Gasteiger partial charge in [0.15, 0.2) is 0 Å². The van der Waals surface area contributed by atoms with Crippen molar-refractivity contribution in [1.29, 1.82) is 0 Å². The van der Waals surface area contributed by atoms with E-state index >= 15 is 0 Å². The smallest absolute Gasteiger partial charge is 0.251 e. The second-order valence-electron chi connectivity index (χ2n) is 8.03. The lowest BCUT2D eigenvalue weighted by molar-refractivity contribution is -0.128. The standard InChI is InChI=1S/C22H32N6O/c1-4-15-10-17(22(29)27-9-7-16-11-18(16)14-27)13-25-21(15)28(5-2)19-6-8-24-20(12-19)26-23-3/h4,6,8,10,12,16,18,20,23-26H,1,5,7,9,11,13-14H2,2-3H3. The average molecular weight is 397 g/mol. The maximum atomic E-state index is 13.0. The van der Waals surface area contributed by atoms with E-state index in [1.165, 1.54) is 6.42 Å². The Morgan fingerprint density at radius 3 is 3.03 bits per heavy atom. The summed E-state index contributed by atoms with van der Waals surface area (Å²) in [6.07, 6.45) is 12.4. The van der Waals surface area contributed by atoms with Crippen LogP contribution in [0.3, 0.4) is 0 Å². The lowest BCUT2D eigenvalue weighted by atomic mass is 10.0. The third-order valence-electron chi connectivity index (χ3n) is 6.19. The van der Waals surface area contributed by atoms with E-state index in [1.54, 1.807) is 0 Å². The zero-order valence-corrected chi connectivity index (χ0v) is 17.4. The van der Waals surface area contributed by atoms with Gasteiger partial charge in [0.05, 0.1) is 0 Å². The summed E-state index contributed by atoms with van der Waals surface area (Å²) in [7, 11) is 1.85. The van der Waals surface area contributed by atoms with Gasteiger partial charge in [-0.2, -0.15) is 0 Å². The Labute approximate surface area is 173 Å². The maximum Gasteiger partial charge on any atom is 0.251 e. The van der Waals surface area contributed by atoms with Crippen LogP contribution >= 0.6 is 0 Å². The van der Waals surface area contributed by atoms with Crippen LogP contribution in [0, 0.1) is 11.8 Å². The van der Waals surface area contributed by atoms with Gasteiger partial charge < -0.3 is 20.4 Å². The average Bonchev–Trinajstić information content (AvgIpc) is 3.53. The lowest BCUT2D eigenvalue weighted by Gasteiger charge is -2.35. The lowest BCUT2D eigenvalue weighted by Crippen LogP contribution is -2.47. The van der Waals surface area contributed by atoms with Gasteiger partial charge in [-0.25, -0.2) is 5.43 Å². The number of carbonyl (C=O) groups excluding carboxylic acids is 1. The Morgan fingerprint density at radius 2 is 2.31 bits per heavy atom. The number of piperidine rings is 1. The van der Waals surface area contributed by atoms with Crippen molar-refractivity contribution in [2.24, 2.45) is 11.8 Å². The van der Waals surface area contributed by atoms with E-state index in [-0.39, 0.29) is 12.1 Å². The quantitative estimate of drug-likeness (QED) is 0.484. The van der Waals surface area contributed by atoms with Crippen LogP contribution in [-0.4, -0.2) is 55.1 Å². The molecule has 3 aliphatic heterocycles. The SMILES string of the molecule is C=CC1=C(N(CC)C2=CC(NNC)NC=C2)NCC(C(=O)N2CCC3CC3C2)=C1. The summed E-state index contributed by atoms with van der Waals surface area (Å²) in [5.74, 6) is 2.77. The Morgan fingerprint density at radius 1 is 1.45 bits per heavy atom. The molecule has 7 nitrogen and oxygen atoms in total. The fourth-order valence-electron chi connectivity index (χ4n) is 4.50. The number of hydrogen-bond donors (Lipinski definition) is 4. The normalized spacial score (nSPS) is 27.9. The number of fused-ring (bicyclic) bond motifs is 1. The molecule has 29 heavy (non-hydrogen) atoms. The molecule has 1 aliphatic carbocycles. The van der Waals surface area contributed by atoms with Gasteiger partial charge >= 0.3 is 0 Å². The van der Waals surface area contributed by atoms with Crippen LogP contribution in [0.2, 0.25) is 0 Å². The number of carbonyl (C=O) groups is 1. The minimum atomic E-state index is 0.00320. The molecule has 0 aromatic carbocycles. The molecule has 1 saturated heterocycles. The molecule has 3 heterocycles. The molecule has 156 valence electrons. The van der Waals surface area contributed by atoms with E-state index in [0.717, 1.165) is 60.6 Å². The van der Waals surface area contributed by atoms with Crippen molar-refractivity contribution in [3.63, 3.8) is 0 Å². The summed E-state index contributed by atoms with van der Waals surface area (Å²) in [4.78, 5) is 17.3. The second-order valence-corrected chi connectivity index (χ2v) is 8.03. The maximum absolute atomic E-state index is 13.0. The van der Waals surface area contributed by atoms with Crippen molar-refractivity contribution in [2.45, 2.75) is 25.9 Å². The number of amides is 1. The first-order valence-corrected chi connectivity index (χ1v) is 10.6. The van der Waals surface area contributed by atoms with E-state index in [4.69, 9.17) is 0 Å². The number of likely N-dealkylation sites (N-methyl/N-ethyl adjacent to an activating group) is 1. The van der Waals surface area contributed by atoms with Crippen LogP contribution in [0.4, 0.5) is 0 Å². The fraction of sp³-hybridized carbons (Fsp3) is 0.500. The van der Waals surface area contributed by atoms with Crippen LogP contribution in [0.5, 0.6) is 0 Å². The third kappa shape index (κ3) is 4.11. The highest BCUT2D eigenvalue weighted by Crippen LogP contribution is 2.45. The molecule has 0 bridgehead atoms. The minimum absolute atomic E-state index is 0.00320. The van der Waals surface area contributed by atoms with Gasteiger partial charge in [0.2, 0.25) is 0 Å². The van der Waals surface area contributed by atoms with Gasteiger partial charge in [0.1, 0.15) is 12.0 Å². The molecule has 1 amide bonds. The number of nitrogens with zero attached hydrogens (tertiary/aromatic N) is 2. The van der Waals surface area contributed by atoms with Crippen LogP contribution in [0.1, 0.15) is 19.8 Å². The monoisotopic (exact) mass is 396 g/mol. The van der Waals surface area contributed by atoms with Gasteiger partial charge in [-0.3, -0.25) is 10.2 Å².